The quantitative estimate of drug-likeness (QED) is 0.649. The molecular formula is C11H15N. The van der Waals surface area contributed by atoms with Crippen molar-refractivity contribution in [3.05, 3.63) is 35.7 Å². The number of rotatable bonds is 2. The highest BCUT2D eigenvalue weighted by Gasteiger charge is 1.99. The minimum absolute atomic E-state index is 1.00. The van der Waals surface area contributed by atoms with Crippen molar-refractivity contribution in [1.82, 2.24) is 4.98 Å². The van der Waals surface area contributed by atoms with Gasteiger partial charge in [-0.3, -0.25) is 4.98 Å². The molecular weight excluding hydrogens is 146 g/mol. The Hall–Kier alpha value is -1.11. The van der Waals surface area contributed by atoms with Crippen LogP contribution in [0.25, 0.3) is 5.57 Å². The minimum Gasteiger partial charge on any atom is -0.256 e. The summed E-state index contributed by atoms with van der Waals surface area (Å²) in [6, 6.07) is 2.10. The maximum absolute atomic E-state index is 4.31. The fourth-order valence-electron chi connectivity index (χ4n) is 1.19. The standard InChI is InChI=1S/C11H15N/c1-5-10-7-12-11(8(2)3)6-9(10)4/h6-7H,2,5H2,1,3-4H3. The van der Waals surface area contributed by atoms with Crippen LogP contribution in [0, 0.1) is 6.92 Å². The Labute approximate surface area is 74.2 Å². The number of hydrogen-bond acceptors (Lipinski definition) is 1. The number of nitrogens with zero attached hydrogens (tertiary/aromatic N) is 1. The molecule has 0 unspecified atom stereocenters. The van der Waals surface area contributed by atoms with Gasteiger partial charge in [0.1, 0.15) is 0 Å². The molecule has 0 radical (unpaired) electrons. The molecule has 1 rings (SSSR count). The molecule has 0 fully saturated rings. The number of pyridine rings is 1. The van der Waals surface area contributed by atoms with E-state index in [-0.39, 0.29) is 0 Å². The molecule has 0 atom stereocenters. The second kappa shape index (κ2) is 3.53. The summed E-state index contributed by atoms with van der Waals surface area (Å²) in [6.45, 7) is 10.1. The van der Waals surface area contributed by atoms with Crippen molar-refractivity contribution in [3.63, 3.8) is 0 Å². The average Bonchev–Trinajstić information content (AvgIpc) is 2.04. The second-order valence-corrected chi connectivity index (χ2v) is 3.13. The van der Waals surface area contributed by atoms with Gasteiger partial charge in [0.05, 0.1) is 5.69 Å². The van der Waals surface area contributed by atoms with Gasteiger partial charge in [-0.2, -0.15) is 0 Å². The Bertz CT molecular complexity index is 300. The molecule has 0 spiro atoms. The molecule has 1 heteroatoms. The lowest BCUT2D eigenvalue weighted by molar-refractivity contribution is 1.06. The molecule has 1 aromatic rings. The van der Waals surface area contributed by atoms with E-state index < -0.39 is 0 Å². The van der Waals surface area contributed by atoms with Crippen LogP contribution in [0.5, 0.6) is 0 Å². The van der Waals surface area contributed by atoms with E-state index in [0.29, 0.717) is 0 Å². The maximum Gasteiger partial charge on any atom is 0.0655 e. The molecule has 1 aromatic heterocycles. The van der Waals surface area contributed by atoms with Gasteiger partial charge in [0, 0.05) is 6.20 Å². The smallest absolute Gasteiger partial charge is 0.0655 e. The van der Waals surface area contributed by atoms with E-state index in [9.17, 15) is 0 Å². The van der Waals surface area contributed by atoms with Crippen LogP contribution in [0.2, 0.25) is 0 Å². The minimum atomic E-state index is 1.00. The Morgan fingerprint density at radius 3 is 2.67 bits per heavy atom. The lowest BCUT2D eigenvalue weighted by Crippen LogP contribution is -1.92. The van der Waals surface area contributed by atoms with E-state index in [1.807, 2.05) is 13.1 Å². The Kier molecular flexibility index (Phi) is 2.64. The first-order valence-electron chi connectivity index (χ1n) is 4.26. The van der Waals surface area contributed by atoms with E-state index in [1.165, 1.54) is 11.1 Å². The van der Waals surface area contributed by atoms with Crippen molar-refractivity contribution in [1.29, 1.82) is 0 Å². The third-order valence-corrected chi connectivity index (χ3v) is 2.04. The van der Waals surface area contributed by atoms with Crippen LogP contribution in [-0.4, -0.2) is 4.98 Å². The van der Waals surface area contributed by atoms with Gasteiger partial charge in [-0.05, 0) is 43.0 Å². The van der Waals surface area contributed by atoms with Crippen molar-refractivity contribution in [2.75, 3.05) is 0 Å². The summed E-state index contributed by atoms with van der Waals surface area (Å²) in [5, 5.41) is 0. The molecule has 1 heterocycles. The average molecular weight is 161 g/mol. The molecule has 64 valence electrons. The molecule has 0 amide bonds. The highest BCUT2D eigenvalue weighted by Crippen LogP contribution is 2.13. The molecule has 0 aliphatic carbocycles. The number of allylic oxidation sites excluding steroid dienone is 1. The molecule has 1 nitrogen and oxygen atoms in total. The molecule has 0 bridgehead atoms. The molecule has 0 saturated carbocycles. The van der Waals surface area contributed by atoms with Gasteiger partial charge in [0.15, 0.2) is 0 Å². The van der Waals surface area contributed by atoms with Crippen molar-refractivity contribution >= 4 is 5.57 Å². The van der Waals surface area contributed by atoms with E-state index in [4.69, 9.17) is 0 Å². The van der Waals surface area contributed by atoms with Gasteiger partial charge < -0.3 is 0 Å². The summed E-state index contributed by atoms with van der Waals surface area (Å²) < 4.78 is 0. The van der Waals surface area contributed by atoms with Gasteiger partial charge in [0.25, 0.3) is 0 Å². The molecule has 0 N–H and O–H groups in total. The van der Waals surface area contributed by atoms with Crippen LogP contribution in [0.1, 0.15) is 30.7 Å². The van der Waals surface area contributed by atoms with E-state index in [0.717, 1.165) is 17.7 Å². The second-order valence-electron chi connectivity index (χ2n) is 3.13. The van der Waals surface area contributed by atoms with Crippen LogP contribution in [0.4, 0.5) is 0 Å². The first-order chi connectivity index (χ1) is 5.65. The third kappa shape index (κ3) is 1.73. The molecule has 0 aliphatic heterocycles. The number of aryl methyl sites for hydroxylation is 2. The molecule has 12 heavy (non-hydrogen) atoms. The fourth-order valence-corrected chi connectivity index (χ4v) is 1.19. The van der Waals surface area contributed by atoms with Crippen molar-refractivity contribution in [3.8, 4) is 0 Å². The Morgan fingerprint density at radius 2 is 2.25 bits per heavy atom. The lowest BCUT2D eigenvalue weighted by atomic mass is 10.1. The van der Waals surface area contributed by atoms with Crippen molar-refractivity contribution in [2.45, 2.75) is 27.2 Å². The van der Waals surface area contributed by atoms with Crippen LogP contribution in [0.15, 0.2) is 18.8 Å². The summed E-state index contributed by atoms with van der Waals surface area (Å²) in [5.41, 5.74) is 4.66. The van der Waals surface area contributed by atoms with Crippen molar-refractivity contribution < 1.29 is 0 Å². The monoisotopic (exact) mass is 161 g/mol. The van der Waals surface area contributed by atoms with E-state index in [2.05, 4.69) is 31.5 Å². The van der Waals surface area contributed by atoms with Gasteiger partial charge in [-0.15, -0.1) is 0 Å². The SMILES string of the molecule is C=C(C)c1cc(C)c(CC)cn1. The van der Waals surface area contributed by atoms with Gasteiger partial charge in [-0.25, -0.2) is 0 Å². The van der Waals surface area contributed by atoms with Crippen LogP contribution in [-0.2, 0) is 6.42 Å². The predicted molar refractivity (Wildman–Crippen MR) is 53.1 cm³/mol. The summed E-state index contributed by atoms with van der Waals surface area (Å²) in [5.74, 6) is 0. The topological polar surface area (TPSA) is 12.9 Å². The summed E-state index contributed by atoms with van der Waals surface area (Å²) >= 11 is 0. The largest absolute Gasteiger partial charge is 0.256 e. The van der Waals surface area contributed by atoms with Gasteiger partial charge in [0.2, 0.25) is 0 Å². The third-order valence-electron chi connectivity index (χ3n) is 2.04. The zero-order valence-corrected chi connectivity index (χ0v) is 8.02. The first kappa shape index (κ1) is 8.98. The molecule has 0 aliphatic rings. The molecule has 0 aromatic carbocycles. The first-order valence-corrected chi connectivity index (χ1v) is 4.26. The molecule has 0 saturated heterocycles. The van der Waals surface area contributed by atoms with Crippen LogP contribution >= 0.6 is 0 Å². The fraction of sp³-hybridized carbons (Fsp3) is 0.364. The number of aromatic nitrogens is 1. The zero-order valence-electron chi connectivity index (χ0n) is 8.02. The van der Waals surface area contributed by atoms with Crippen LogP contribution < -0.4 is 0 Å². The Balaban J connectivity index is 3.10. The highest BCUT2D eigenvalue weighted by molar-refractivity contribution is 5.58. The van der Waals surface area contributed by atoms with Crippen LogP contribution in [0.3, 0.4) is 0 Å². The number of hydrogen-bond donors (Lipinski definition) is 0. The van der Waals surface area contributed by atoms with E-state index in [1.54, 1.807) is 0 Å². The maximum atomic E-state index is 4.31. The van der Waals surface area contributed by atoms with Gasteiger partial charge >= 0.3 is 0 Å². The lowest BCUT2D eigenvalue weighted by Gasteiger charge is -2.04. The Morgan fingerprint density at radius 1 is 1.58 bits per heavy atom. The zero-order chi connectivity index (χ0) is 9.14. The summed E-state index contributed by atoms with van der Waals surface area (Å²) in [7, 11) is 0. The van der Waals surface area contributed by atoms with E-state index >= 15 is 0 Å². The highest BCUT2D eigenvalue weighted by atomic mass is 14.7. The van der Waals surface area contributed by atoms with Crippen molar-refractivity contribution in [2.24, 2.45) is 0 Å². The normalized spacial score (nSPS) is 9.92. The summed E-state index contributed by atoms with van der Waals surface area (Å²) in [4.78, 5) is 4.31. The summed E-state index contributed by atoms with van der Waals surface area (Å²) in [6.07, 6.45) is 2.99. The van der Waals surface area contributed by atoms with Gasteiger partial charge in [-0.1, -0.05) is 13.5 Å². The predicted octanol–water partition coefficient (Wildman–Crippen LogP) is 2.99.